The first-order chi connectivity index (χ1) is 18.9. The maximum Gasteiger partial charge on any atom is 0.296 e. The molecule has 1 unspecified atom stereocenters. The third-order valence-electron chi connectivity index (χ3n) is 7.52. The molecule has 2 fully saturated rings. The first kappa shape index (κ1) is 26.6. The normalized spacial score (nSPS) is 22.5. The lowest BCUT2D eigenvalue weighted by Gasteiger charge is -2.35. The highest BCUT2D eigenvalue weighted by Crippen LogP contribution is 2.53. The van der Waals surface area contributed by atoms with Gasteiger partial charge in [0.2, 0.25) is 0 Å². The van der Waals surface area contributed by atoms with Crippen LogP contribution in [0.1, 0.15) is 24.5 Å². The zero-order valence-corrected chi connectivity index (χ0v) is 22.1. The Kier molecular flexibility index (Phi) is 7.54. The van der Waals surface area contributed by atoms with Gasteiger partial charge in [-0.3, -0.25) is 19.3 Å². The molecule has 39 heavy (non-hydrogen) atoms. The molecule has 3 aliphatic heterocycles. The Morgan fingerprint density at radius 2 is 1.79 bits per heavy atom. The number of para-hydroxylation sites is 1. The van der Waals surface area contributed by atoms with E-state index in [0.29, 0.717) is 55.4 Å². The van der Waals surface area contributed by atoms with Crippen LogP contribution in [-0.2, 0) is 24.7 Å². The van der Waals surface area contributed by atoms with Gasteiger partial charge in [-0.05, 0) is 43.7 Å². The monoisotopic (exact) mass is 531 g/mol. The van der Waals surface area contributed by atoms with Crippen molar-refractivity contribution in [2.24, 2.45) is 0 Å². The van der Waals surface area contributed by atoms with Crippen molar-refractivity contribution < 1.29 is 29.0 Å². The van der Waals surface area contributed by atoms with Crippen molar-refractivity contribution in [3.63, 3.8) is 0 Å². The van der Waals surface area contributed by atoms with Crippen LogP contribution in [0.3, 0.4) is 0 Å². The summed E-state index contributed by atoms with van der Waals surface area (Å²) in [6.45, 7) is 10.1. The summed E-state index contributed by atoms with van der Waals surface area (Å²) in [5.74, 6) is -1.92. The van der Waals surface area contributed by atoms with Gasteiger partial charge in [-0.25, -0.2) is 0 Å². The van der Waals surface area contributed by atoms with Crippen molar-refractivity contribution in [2.75, 3.05) is 57.4 Å². The third kappa shape index (κ3) is 4.41. The van der Waals surface area contributed by atoms with E-state index in [-0.39, 0.29) is 18.7 Å². The molecule has 1 atom stereocenters. The van der Waals surface area contributed by atoms with Gasteiger partial charge in [0.1, 0.15) is 11.5 Å². The van der Waals surface area contributed by atoms with Gasteiger partial charge in [0, 0.05) is 43.9 Å². The highest BCUT2D eigenvalue weighted by molar-refractivity contribution is 6.50. The number of ketones is 1. The zero-order valence-electron chi connectivity index (χ0n) is 22.1. The molecule has 0 saturated carbocycles. The Labute approximate surface area is 227 Å². The zero-order chi connectivity index (χ0) is 27.6. The summed E-state index contributed by atoms with van der Waals surface area (Å²) in [4.78, 5) is 46.8. The van der Waals surface area contributed by atoms with Crippen LogP contribution in [0.5, 0.6) is 5.75 Å². The van der Waals surface area contributed by atoms with E-state index in [4.69, 9.17) is 9.47 Å². The Balaban J connectivity index is 1.63. The van der Waals surface area contributed by atoms with Gasteiger partial charge in [0.25, 0.3) is 17.6 Å². The molecule has 2 aromatic rings. The van der Waals surface area contributed by atoms with Gasteiger partial charge in [0.05, 0.1) is 31.1 Å². The number of carbonyl (C=O) groups is 3. The van der Waals surface area contributed by atoms with E-state index in [0.717, 1.165) is 13.1 Å². The minimum atomic E-state index is -1.78. The van der Waals surface area contributed by atoms with Gasteiger partial charge in [0.15, 0.2) is 5.54 Å². The quantitative estimate of drug-likeness (QED) is 0.230. The molecule has 1 N–H and O–H groups in total. The van der Waals surface area contributed by atoms with Crippen LogP contribution in [0.25, 0.3) is 5.76 Å². The van der Waals surface area contributed by atoms with Gasteiger partial charge in [-0.2, -0.15) is 0 Å². The fourth-order valence-corrected chi connectivity index (χ4v) is 5.77. The molecule has 0 bridgehead atoms. The second-order valence-electron chi connectivity index (χ2n) is 9.71. The van der Waals surface area contributed by atoms with Crippen LogP contribution >= 0.6 is 0 Å². The third-order valence-corrected chi connectivity index (χ3v) is 7.52. The van der Waals surface area contributed by atoms with E-state index in [9.17, 15) is 19.5 Å². The van der Waals surface area contributed by atoms with Crippen LogP contribution in [0.15, 0.2) is 66.8 Å². The average molecular weight is 532 g/mol. The maximum atomic E-state index is 14.4. The number of amides is 2. The number of ether oxygens (including phenoxy) is 2. The summed E-state index contributed by atoms with van der Waals surface area (Å²) in [5.41, 5.74) is -0.597. The number of likely N-dealkylation sites (tertiary alicyclic amines) is 1. The number of Topliss-reactive ketones (excluding diaryl/α,β-unsaturated/α-hetero) is 1. The van der Waals surface area contributed by atoms with E-state index in [2.05, 4.69) is 11.5 Å². The summed E-state index contributed by atoms with van der Waals surface area (Å²) in [6.07, 6.45) is 2.15. The lowest BCUT2D eigenvalue weighted by molar-refractivity contribution is -0.143. The number of rotatable bonds is 9. The predicted octanol–water partition coefficient (Wildman–Crippen LogP) is 2.92. The van der Waals surface area contributed by atoms with Crippen LogP contribution in [0, 0.1) is 0 Å². The molecular formula is C30H33N3O6. The van der Waals surface area contributed by atoms with Gasteiger partial charge in [-0.1, -0.05) is 24.3 Å². The Bertz CT molecular complexity index is 1310. The van der Waals surface area contributed by atoms with Gasteiger partial charge >= 0.3 is 0 Å². The summed E-state index contributed by atoms with van der Waals surface area (Å²) >= 11 is 0. The number of benzene rings is 2. The first-order valence-corrected chi connectivity index (χ1v) is 13.3. The predicted molar refractivity (Wildman–Crippen MR) is 146 cm³/mol. The molecule has 5 rings (SSSR count). The lowest BCUT2D eigenvalue weighted by atomic mass is 9.82. The molecule has 2 aromatic carbocycles. The van der Waals surface area contributed by atoms with Gasteiger partial charge < -0.3 is 24.4 Å². The van der Waals surface area contributed by atoms with Crippen molar-refractivity contribution in [2.45, 2.75) is 18.9 Å². The van der Waals surface area contributed by atoms with Gasteiger partial charge in [-0.15, -0.1) is 6.58 Å². The topological polar surface area (TPSA) is 99.6 Å². The first-order valence-electron chi connectivity index (χ1n) is 13.3. The molecule has 1 spiro atoms. The summed E-state index contributed by atoms with van der Waals surface area (Å²) < 4.78 is 10.9. The number of hydrogen-bond acceptors (Lipinski definition) is 7. The number of carbonyl (C=O) groups excluding carboxylic acids is 3. The average Bonchev–Trinajstić information content (AvgIpc) is 3.33. The summed E-state index contributed by atoms with van der Waals surface area (Å²) in [5, 5.41) is 11.6. The minimum absolute atomic E-state index is 0.171. The molecule has 0 aliphatic carbocycles. The van der Waals surface area contributed by atoms with Crippen molar-refractivity contribution in [3.05, 3.63) is 77.9 Å². The molecule has 9 heteroatoms. The Hall–Kier alpha value is -3.95. The molecule has 2 amide bonds. The highest BCUT2D eigenvalue weighted by atomic mass is 16.5. The second kappa shape index (κ2) is 11.0. The largest absolute Gasteiger partial charge is 0.507 e. The van der Waals surface area contributed by atoms with Crippen LogP contribution in [0.2, 0.25) is 0 Å². The molecule has 2 saturated heterocycles. The number of fused-ring (bicyclic) bond motifs is 2. The molecule has 9 nitrogen and oxygen atoms in total. The van der Waals surface area contributed by atoms with Crippen molar-refractivity contribution in [1.82, 2.24) is 9.80 Å². The Morgan fingerprint density at radius 1 is 1.08 bits per heavy atom. The second-order valence-corrected chi connectivity index (χ2v) is 9.71. The molecule has 3 aliphatic rings. The fraction of sp³-hybridized carbons (Fsp3) is 0.367. The molecule has 204 valence electrons. The van der Waals surface area contributed by atoms with Crippen molar-refractivity contribution in [1.29, 1.82) is 0 Å². The van der Waals surface area contributed by atoms with E-state index in [1.165, 1.54) is 9.80 Å². The van der Waals surface area contributed by atoms with E-state index < -0.39 is 28.9 Å². The standard InChI is InChI=1S/C30H33N3O6/c1-3-14-32-24-9-6-5-8-23(24)30(29(32)37)25(26(34)21-10-12-22(13-11-21)39-4-2)27(35)28(36)33(30)16-7-15-31-17-19-38-20-18-31/h3,5-6,8-13,34H,1,4,7,14-20H2,2H3/b26-25+. The van der Waals surface area contributed by atoms with Crippen LogP contribution in [-0.4, -0.2) is 85.0 Å². The molecule has 0 aromatic heterocycles. The van der Waals surface area contributed by atoms with E-state index in [1.807, 2.05) is 6.92 Å². The number of anilines is 1. The van der Waals surface area contributed by atoms with Crippen LogP contribution in [0.4, 0.5) is 5.69 Å². The number of hydrogen-bond donors (Lipinski definition) is 1. The summed E-state index contributed by atoms with van der Waals surface area (Å²) in [7, 11) is 0. The Morgan fingerprint density at radius 3 is 2.49 bits per heavy atom. The SMILES string of the molecule is C=CCN1C(=O)C2(/C(=C(/O)c3ccc(OCC)cc3)C(=O)C(=O)N2CCCN2CCOCC2)c2ccccc21. The lowest BCUT2D eigenvalue weighted by Crippen LogP contribution is -2.52. The van der Waals surface area contributed by atoms with E-state index in [1.54, 1.807) is 54.6 Å². The molecule has 3 heterocycles. The smallest absolute Gasteiger partial charge is 0.296 e. The van der Waals surface area contributed by atoms with Crippen molar-refractivity contribution >= 4 is 29.0 Å². The highest BCUT2D eigenvalue weighted by Gasteiger charge is 2.66. The molecule has 0 radical (unpaired) electrons. The number of aliphatic hydroxyl groups excluding tert-OH is 1. The van der Waals surface area contributed by atoms with Crippen molar-refractivity contribution in [3.8, 4) is 5.75 Å². The number of nitrogens with zero attached hydrogens (tertiary/aromatic N) is 3. The minimum Gasteiger partial charge on any atom is -0.507 e. The van der Waals surface area contributed by atoms with E-state index >= 15 is 0 Å². The molecular weight excluding hydrogens is 498 g/mol. The number of morpholine rings is 1. The number of aliphatic hydroxyl groups is 1. The maximum absolute atomic E-state index is 14.4. The van der Waals surface area contributed by atoms with Crippen LogP contribution < -0.4 is 9.64 Å². The fourth-order valence-electron chi connectivity index (χ4n) is 5.77. The summed E-state index contributed by atoms with van der Waals surface area (Å²) in [6, 6.07) is 13.7.